The molecule has 0 fully saturated rings. The van der Waals surface area contributed by atoms with E-state index in [0.29, 0.717) is 6.04 Å². The number of nitrogens with two attached hydrogens (primary N) is 1. The molecule has 3 N–H and O–H groups in total. The number of aliphatic imine (C=N–C) groups is 1. The second-order valence-corrected chi connectivity index (χ2v) is 4.55. The van der Waals surface area contributed by atoms with Crippen LogP contribution in [0.4, 0.5) is 0 Å². The van der Waals surface area contributed by atoms with Crippen LogP contribution in [-0.2, 0) is 0 Å². The predicted octanol–water partition coefficient (Wildman–Crippen LogP) is 1.69. The molecule has 0 atom stereocenters. The molecule has 0 aromatic heterocycles. The third-order valence-corrected chi connectivity index (χ3v) is 1.28. The van der Waals surface area contributed by atoms with Crippen LogP contribution in [0.2, 0.25) is 0 Å². The molecule has 0 aliphatic rings. The fourth-order valence-corrected chi connectivity index (χ4v) is 0.948. The van der Waals surface area contributed by atoms with Crippen molar-refractivity contribution < 1.29 is 0 Å². The number of hydrogen-bond donors (Lipinski definition) is 2. The molecule has 0 bridgehead atoms. The maximum atomic E-state index is 5.35. The summed E-state index contributed by atoms with van der Waals surface area (Å²) in [5.41, 5.74) is 2.88. The van der Waals surface area contributed by atoms with Crippen LogP contribution in [0.15, 0.2) is 4.99 Å². The van der Waals surface area contributed by atoms with Crippen LogP contribution in [0.25, 0.3) is 0 Å². The Labute approximate surface area is 75.4 Å². The Balaban J connectivity index is 4.18. The number of nitrogens with zero attached hydrogens (tertiary/aromatic N) is 1. The molecule has 0 spiro atoms. The van der Waals surface area contributed by atoms with Gasteiger partial charge in [-0.1, -0.05) is 20.8 Å². The van der Waals surface area contributed by atoms with E-state index in [1.165, 1.54) is 0 Å². The van der Waals surface area contributed by atoms with E-state index in [1.54, 1.807) is 0 Å². The van der Waals surface area contributed by atoms with Crippen molar-refractivity contribution in [2.75, 3.05) is 0 Å². The van der Waals surface area contributed by atoms with Crippen molar-refractivity contribution in [3.05, 3.63) is 0 Å². The third-order valence-electron chi connectivity index (χ3n) is 1.28. The van der Waals surface area contributed by atoms with E-state index in [1.807, 2.05) is 13.8 Å². The molecule has 0 aliphatic heterocycles. The highest BCUT2D eigenvalue weighted by molar-refractivity contribution is 5.82. The molecule has 3 nitrogen and oxygen atoms in total. The quantitative estimate of drug-likeness (QED) is 0.287. The molecule has 0 saturated heterocycles. The maximum Gasteiger partial charge on any atom is 0.111 e. The molecule has 0 amide bonds. The second kappa shape index (κ2) is 4.45. The predicted molar refractivity (Wildman–Crippen MR) is 54.0 cm³/mol. The number of hydrogen-bond acceptors (Lipinski definition) is 2. The van der Waals surface area contributed by atoms with Gasteiger partial charge in [0, 0.05) is 12.5 Å². The lowest BCUT2D eigenvalue weighted by Crippen LogP contribution is -2.34. The number of amidine groups is 1. The first kappa shape index (κ1) is 11.4. The van der Waals surface area contributed by atoms with E-state index in [4.69, 9.17) is 5.84 Å². The zero-order valence-electron chi connectivity index (χ0n) is 8.81. The molecule has 0 aliphatic carbocycles. The first-order valence-corrected chi connectivity index (χ1v) is 4.38. The van der Waals surface area contributed by atoms with Gasteiger partial charge in [-0.2, -0.15) is 0 Å². The van der Waals surface area contributed by atoms with E-state index < -0.39 is 0 Å². The van der Waals surface area contributed by atoms with Crippen LogP contribution in [0.3, 0.4) is 0 Å². The molecule has 12 heavy (non-hydrogen) atoms. The summed E-state index contributed by atoms with van der Waals surface area (Å²) in [6.07, 6.45) is 0.891. The van der Waals surface area contributed by atoms with Gasteiger partial charge in [0.05, 0.1) is 0 Å². The number of hydrazine groups is 1. The van der Waals surface area contributed by atoms with Crippen molar-refractivity contribution in [1.29, 1.82) is 0 Å². The lowest BCUT2D eigenvalue weighted by molar-refractivity contribution is 0.428. The van der Waals surface area contributed by atoms with E-state index in [0.717, 1.165) is 12.3 Å². The van der Waals surface area contributed by atoms with Gasteiger partial charge in [-0.3, -0.25) is 4.99 Å². The monoisotopic (exact) mass is 171 g/mol. The minimum Gasteiger partial charge on any atom is -0.312 e. The smallest absolute Gasteiger partial charge is 0.111 e. The van der Waals surface area contributed by atoms with E-state index in [9.17, 15) is 0 Å². The molecular weight excluding hydrogens is 150 g/mol. The van der Waals surface area contributed by atoms with Crippen molar-refractivity contribution in [2.24, 2.45) is 16.3 Å². The van der Waals surface area contributed by atoms with Gasteiger partial charge in [-0.15, -0.1) is 0 Å². The van der Waals surface area contributed by atoms with Crippen molar-refractivity contribution in [1.82, 2.24) is 5.43 Å². The minimum absolute atomic E-state index is 0.236. The lowest BCUT2D eigenvalue weighted by atomic mass is 9.92. The summed E-state index contributed by atoms with van der Waals surface area (Å²) >= 11 is 0. The van der Waals surface area contributed by atoms with Crippen molar-refractivity contribution in [2.45, 2.75) is 47.1 Å². The molecule has 0 saturated carbocycles. The fraction of sp³-hybridized carbons (Fsp3) is 0.889. The summed E-state index contributed by atoms with van der Waals surface area (Å²) in [6.45, 7) is 10.6. The van der Waals surface area contributed by atoms with Crippen LogP contribution in [0, 0.1) is 5.41 Å². The first-order valence-electron chi connectivity index (χ1n) is 4.38. The Kier molecular flexibility index (Phi) is 4.24. The highest BCUT2D eigenvalue weighted by Crippen LogP contribution is 2.18. The molecule has 0 heterocycles. The van der Waals surface area contributed by atoms with Gasteiger partial charge in [-0.25, -0.2) is 5.84 Å². The second-order valence-electron chi connectivity index (χ2n) is 4.55. The van der Waals surface area contributed by atoms with Crippen molar-refractivity contribution in [3.63, 3.8) is 0 Å². The van der Waals surface area contributed by atoms with Crippen LogP contribution in [0.1, 0.15) is 41.0 Å². The zero-order chi connectivity index (χ0) is 9.78. The van der Waals surface area contributed by atoms with Gasteiger partial charge in [0.1, 0.15) is 5.84 Å². The van der Waals surface area contributed by atoms with E-state index in [2.05, 4.69) is 31.2 Å². The first-order chi connectivity index (χ1) is 5.35. The molecule has 72 valence electrons. The standard InChI is InChI=1S/C9H21N3/c1-7(2)11-8(12-10)6-9(3,4)5/h7H,6,10H2,1-5H3,(H,11,12). The minimum atomic E-state index is 0.236. The van der Waals surface area contributed by atoms with Crippen molar-refractivity contribution in [3.8, 4) is 0 Å². The topological polar surface area (TPSA) is 50.4 Å². The lowest BCUT2D eigenvalue weighted by Gasteiger charge is -2.19. The summed E-state index contributed by atoms with van der Waals surface area (Å²) in [5, 5.41) is 0. The average Bonchev–Trinajstić information content (AvgIpc) is 1.82. The Hall–Kier alpha value is -0.570. The average molecular weight is 171 g/mol. The van der Waals surface area contributed by atoms with Crippen LogP contribution >= 0.6 is 0 Å². The molecular formula is C9H21N3. The van der Waals surface area contributed by atoms with Gasteiger partial charge >= 0.3 is 0 Å². The molecule has 0 aromatic carbocycles. The van der Waals surface area contributed by atoms with Crippen LogP contribution < -0.4 is 11.3 Å². The summed E-state index contributed by atoms with van der Waals surface area (Å²) in [7, 11) is 0. The molecule has 0 radical (unpaired) electrons. The molecule has 3 heteroatoms. The normalized spacial score (nSPS) is 13.8. The van der Waals surface area contributed by atoms with Gasteiger partial charge < -0.3 is 5.43 Å². The molecule has 0 unspecified atom stereocenters. The number of rotatable bonds is 2. The Morgan fingerprint density at radius 2 is 1.92 bits per heavy atom. The van der Waals surface area contributed by atoms with Crippen molar-refractivity contribution >= 4 is 5.84 Å². The highest BCUT2D eigenvalue weighted by atomic mass is 15.3. The van der Waals surface area contributed by atoms with Gasteiger partial charge in [-0.05, 0) is 19.3 Å². The summed E-state index contributed by atoms with van der Waals surface area (Å²) in [4.78, 5) is 4.36. The largest absolute Gasteiger partial charge is 0.312 e. The van der Waals surface area contributed by atoms with Crippen LogP contribution in [0.5, 0.6) is 0 Å². The van der Waals surface area contributed by atoms with E-state index >= 15 is 0 Å². The number of nitrogens with one attached hydrogen (secondary N) is 1. The molecule has 0 rings (SSSR count). The van der Waals surface area contributed by atoms with Crippen LogP contribution in [-0.4, -0.2) is 11.9 Å². The summed E-state index contributed by atoms with van der Waals surface area (Å²) in [6, 6.07) is 0.304. The highest BCUT2D eigenvalue weighted by Gasteiger charge is 2.13. The SMILES string of the molecule is CC(C)N=C(CC(C)(C)C)NN. The fourth-order valence-electron chi connectivity index (χ4n) is 0.948. The Bertz CT molecular complexity index is 154. The maximum absolute atomic E-state index is 5.35. The Morgan fingerprint density at radius 3 is 2.17 bits per heavy atom. The third kappa shape index (κ3) is 6.16. The Morgan fingerprint density at radius 1 is 1.42 bits per heavy atom. The zero-order valence-corrected chi connectivity index (χ0v) is 8.81. The summed E-state index contributed by atoms with van der Waals surface area (Å²) in [5.74, 6) is 6.23. The summed E-state index contributed by atoms with van der Waals surface area (Å²) < 4.78 is 0. The molecule has 0 aromatic rings. The van der Waals surface area contributed by atoms with Gasteiger partial charge in [0.25, 0.3) is 0 Å². The van der Waals surface area contributed by atoms with Gasteiger partial charge in [0.2, 0.25) is 0 Å². The van der Waals surface area contributed by atoms with E-state index in [-0.39, 0.29) is 5.41 Å². The van der Waals surface area contributed by atoms with Gasteiger partial charge in [0.15, 0.2) is 0 Å².